The number of thioether (sulfide) groups is 1. The molecule has 0 saturated heterocycles. The van der Waals surface area contributed by atoms with Crippen LogP contribution in [0.25, 0.3) is 11.1 Å². The van der Waals surface area contributed by atoms with Gasteiger partial charge in [0.1, 0.15) is 6.04 Å². The van der Waals surface area contributed by atoms with Gasteiger partial charge in [-0.1, -0.05) is 60.7 Å². The molecule has 0 spiro atoms. The summed E-state index contributed by atoms with van der Waals surface area (Å²) in [5.41, 5.74) is 6.89. The van der Waals surface area contributed by atoms with Crippen LogP contribution in [0.3, 0.4) is 0 Å². The van der Waals surface area contributed by atoms with Gasteiger partial charge in [0, 0.05) is 29.9 Å². The first kappa shape index (κ1) is 33.7. The number of anilines is 1. The van der Waals surface area contributed by atoms with E-state index in [0.717, 1.165) is 33.5 Å². The molecule has 8 heteroatoms. The first-order valence-corrected chi connectivity index (χ1v) is 15.3. The van der Waals surface area contributed by atoms with Crippen LogP contribution in [-0.4, -0.2) is 59.7 Å². The zero-order valence-electron chi connectivity index (χ0n) is 24.2. The van der Waals surface area contributed by atoms with Gasteiger partial charge in [0.15, 0.2) is 5.78 Å². The van der Waals surface area contributed by atoms with Crippen LogP contribution in [0, 0.1) is 6.92 Å². The van der Waals surface area contributed by atoms with Crippen LogP contribution < -0.4 is 10.2 Å². The van der Waals surface area contributed by atoms with E-state index in [1.807, 2.05) is 92.0 Å². The number of amides is 1. The number of hydrogen-bond acceptors (Lipinski definition) is 5. The van der Waals surface area contributed by atoms with E-state index in [-0.39, 0.29) is 24.6 Å². The van der Waals surface area contributed by atoms with Gasteiger partial charge >= 0.3 is 24.8 Å². The predicted molar refractivity (Wildman–Crippen MR) is 178 cm³/mol. The Morgan fingerprint density at radius 2 is 1.49 bits per heavy atom. The zero-order valence-corrected chi connectivity index (χ0v) is 25.0. The van der Waals surface area contributed by atoms with E-state index in [1.165, 1.54) is 0 Å². The molecule has 0 aliphatic heterocycles. The van der Waals surface area contributed by atoms with Crippen molar-refractivity contribution in [1.82, 2.24) is 5.32 Å². The van der Waals surface area contributed by atoms with E-state index >= 15 is 0 Å². The first-order chi connectivity index (χ1) is 20.3. The van der Waals surface area contributed by atoms with Crippen LogP contribution in [0.15, 0.2) is 97.1 Å². The molecule has 0 aromatic heterocycles. The fraction of sp³-hybridized carbons (Fsp3) is 0.229. The molecule has 4 rings (SSSR count). The molecule has 1 atom stereocenters. The van der Waals surface area contributed by atoms with Crippen LogP contribution >= 0.6 is 11.8 Å². The van der Waals surface area contributed by atoms with Gasteiger partial charge in [0.05, 0.1) is 0 Å². The van der Waals surface area contributed by atoms with Gasteiger partial charge < -0.3 is 15.3 Å². The Labute approximate surface area is 270 Å². The number of carbonyl (C=O) groups excluding carboxylic acids is 2. The van der Waals surface area contributed by atoms with Gasteiger partial charge in [0.2, 0.25) is 0 Å². The summed E-state index contributed by atoms with van der Waals surface area (Å²) in [7, 11) is 0. The molecule has 4 aromatic rings. The van der Waals surface area contributed by atoms with Gasteiger partial charge in [-0.25, -0.2) is 4.79 Å². The monoisotopic (exact) mass is 588 g/mol. The number of aryl methyl sites for hydroxylation is 1. The molecule has 0 radical (unpaired) electrons. The Balaban J connectivity index is 0.00000506. The number of ketones is 1. The molecule has 0 unspecified atom stereocenters. The second-order valence-corrected chi connectivity index (χ2v) is 11.3. The molecule has 0 aliphatic rings. The molecule has 218 valence electrons. The van der Waals surface area contributed by atoms with E-state index in [0.29, 0.717) is 36.4 Å². The van der Waals surface area contributed by atoms with Gasteiger partial charge in [-0.15, -0.1) is 0 Å². The zero-order chi connectivity index (χ0) is 30.1. The molecule has 0 saturated carbocycles. The van der Waals surface area contributed by atoms with Gasteiger partial charge in [-0.3, -0.25) is 9.59 Å². The molecule has 4 aromatic carbocycles. The van der Waals surface area contributed by atoms with Crippen LogP contribution in [-0.2, 0) is 17.9 Å². The average Bonchev–Trinajstić information content (AvgIpc) is 2.99. The van der Waals surface area contributed by atoms with Crippen molar-refractivity contribution in [2.75, 3.05) is 16.9 Å². The summed E-state index contributed by atoms with van der Waals surface area (Å²) < 4.78 is 0. The maximum atomic E-state index is 13.5. The third-order valence-corrected chi connectivity index (χ3v) is 7.85. The summed E-state index contributed by atoms with van der Waals surface area (Å²) in [6.45, 7) is 4.77. The summed E-state index contributed by atoms with van der Waals surface area (Å²) in [5, 5.41) is 12.4. The van der Waals surface area contributed by atoms with E-state index in [9.17, 15) is 19.5 Å². The number of carboxylic acid groups (broad SMARTS) is 1. The second-order valence-electron chi connectivity index (χ2n) is 10.3. The van der Waals surface area contributed by atoms with Crippen LogP contribution in [0.4, 0.5) is 5.69 Å². The fourth-order valence-corrected chi connectivity index (χ4v) is 5.36. The number of hydrogen-bond donors (Lipinski definition) is 2. The van der Waals surface area contributed by atoms with Crippen LogP contribution in [0.5, 0.6) is 0 Å². The Hall–Kier alpha value is -3.76. The Morgan fingerprint density at radius 3 is 2.12 bits per heavy atom. The minimum atomic E-state index is -1.04. The van der Waals surface area contributed by atoms with Crippen molar-refractivity contribution in [1.29, 1.82) is 0 Å². The number of nitrogens with zero attached hydrogens (tertiary/aromatic N) is 1. The number of rotatable bonds is 13. The quantitative estimate of drug-likeness (QED) is 0.140. The third kappa shape index (κ3) is 9.11. The van der Waals surface area contributed by atoms with E-state index in [2.05, 4.69) is 22.3 Å². The summed E-state index contributed by atoms with van der Waals surface area (Å²) in [4.78, 5) is 39.4. The van der Waals surface area contributed by atoms with Crippen molar-refractivity contribution in [3.8, 4) is 11.1 Å². The van der Waals surface area contributed by atoms with Gasteiger partial charge in [-0.2, -0.15) is 11.8 Å². The van der Waals surface area contributed by atoms with Gasteiger partial charge in [-0.05, 0) is 96.5 Å². The normalized spacial score (nSPS) is 11.2. The number of nitrogens with one attached hydrogen (secondary N) is 1. The number of Topliss-reactive ketones (excluding diaryl/α,β-unsaturated/α-hetero) is 1. The van der Waals surface area contributed by atoms with Crippen LogP contribution in [0.1, 0.15) is 50.8 Å². The summed E-state index contributed by atoms with van der Waals surface area (Å²) in [5.74, 6) is -0.801. The molecular weight excluding hydrogens is 551 g/mol. The minimum absolute atomic E-state index is 0. The van der Waals surface area contributed by atoms with Crippen molar-refractivity contribution >= 4 is 54.0 Å². The predicted octanol–water partition coefficient (Wildman–Crippen LogP) is 6.36. The molecule has 2 N–H and O–H groups in total. The number of carboxylic acids is 1. The second kappa shape index (κ2) is 16.2. The molecule has 0 bridgehead atoms. The van der Waals surface area contributed by atoms with Crippen molar-refractivity contribution in [3.63, 3.8) is 0 Å². The van der Waals surface area contributed by atoms with Gasteiger partial charge in [0.25, 0.3) is 5.91 Å². The van der Waals surface area contributed by atoms with E-state index in [1.54, 1.807) is 24.8 Å². The number of carbonyl (C=O) groups is 3. The van der Waals surface area contributed by atoms with E-state index in [4.69, 9.17) is 0 Å². The third-order valence-electron chi connectivity index (χ3n) is 7.21. The summed E-state index contributed by atoms with van der Waals surface area (Å²) in [6, 6.07) is 30.5. The molecule has 6 nitrogen and oxygen atoms in total. The summed E-state index contributed by atoms with van der Waals surface area (Å²) in [6.07, 6.45) is 2.26. The number of aliphatic carboxylic acids is 1. The van der Waals surface area contributed by atoms with Crippen molar-refractivity contribution in [2.24, 2.45) is 0 Å². The molecule has 1 amide bonds. The molecular formula is C35H37LiN2O4S. The fourth-order valence-electron chi connectivity index (χ4n) is 4.88. The average molecular weight is 589 g/mol. The standard InChI is InChI=1S/C35H36N2O4S.Li.H/c1-24-9-7-8-12-30(24)32-21-27(13-18-31(32)34(39)36-33(35(40)41)19-20-42-3)23-37(22-26-10-5-4-6-11-26)29-16-14-28(15-17-29)25(2)38;;/h4-18,21,33H,19-20,22-23H2,1-3H3,(H,36,39)(H,40,41);;/t33-;;/m0../s1. The molecule has 43 heavy (non-hydrogen) atoms. The Kier molecular flexibility index (Phi) is 12.7. The summed E-state index contributed by atoms with van der Waals surface area (Å²) >= 11 is 1.54. The SMILES string of the molecule is CSCC[C@H](NC(=O)c1ccc(CN(Cc2ccccc2)c2ccc(C(C)=O)cc2)cc1-c1ccccc1C)C(=O)O.[LiH]. The van der Waals surface area contributed by atoms with Crippen molar-refractivity contribution in [2.45, 2.75) is 39.4 Å². The van der Waals surface area contributed by atoms with Crippen molar-refractivity contribution < 1.29 is 19.5 Å². The molecule has 0 aliphatic carbocycles. The Morgan fingerprint density at radius 1 is 0.837 bits per heavy atom. The van der Waals surface area contributed by atoms with E-state index < -0.39 is 17.9 Å². The number of benzene rings is 4. The Bertz CT molecular complexity index is 1540. The topological polar surface area (TPSA) is 86.7 Å². The molecule has 0 fully saturated rings. The van der Waals surface area contributed by atoms with Crippen LogP contribution in [0.2, 0.25) is 0 Å². The molecule has 0 heterocycles. The maximum absolute atomic E-state index is 13.5. The first-order valence-electron chi connectivity index (χ1n) is 13.9. The van der Waals surface area contributed by atoms with Crippen molar-refractivity contribution in [3.05, 3.63) is 125 Å².